The number of hydrogen-bond donors (Lipinski definition) is 1. The monoisotopic (exact) mass is 289 g/mol. The molecule has 1 N–H and O–H groups in total. The molecular formula is C16H23N3S. The summed E-state index contributed by atoms with van der Waals surface area (Å²) < 4.78 is 2.00. The quantitative estimate of drug-likeness (QED) is 0.809. The average molecular weight is 289 g/mol. The summed E-state index contributed by atoms with van der Waals surface area (Å²) in [5, 5.41) is 8.02. The van der Waals surface area contributed by atoms with Gasteiger partial charge in [0.15, 0.2) is 0 Å². The molecule has 1 aromatic carbocycles. The van der Waals surface area contributed by atoms with Crippen molar-refractivity contribution in [2.75, 3.05) is 12.0 Å². The zero-order valence-electron chi connectivity index (χ0n) is 12.2. The third-order valence-corrected chi connectivity index (χ3v) is 4.07. The standard InChI is InChI=1S/C16H23N3S/c1-3-16(13-20-2)17-9-15-10-18-19(12-15)11-14-7-5-4-6-8-14/h4-8,10,12,16-17H,3,9,11,13H2,1-2H3. The van der Waals surface area contributed by atoms with E-state index in [4.69, 9.17) is 0 Å². The summed E-state index contributed by atoms with van der Waals surface area (Å²) in [4.78, 5) is 0. The number of aromatic nitrogens is 2. The number of nitrogens with zero attached hydrogens (tertiary/aromatic N) is 2. The van der Waals surface area contributed by atoms with Crippen LogP contribution in [-0.4, -0.2) is 27.8 Å². The summed E-state index contributed by atoms with van der Waals surface area (Å²) in [6.45, 7) is 3.96. The van der Waals surface area contributed by atoms with E-state index in [0.717, 1.165) is 18.8 Å². The van der Waals surface area contributed by atoms with Crippen molar-refractivity contribution >= 4 is 11.8 Å². The third-order valence-electron chi connectivity index (χ3n) is 3.33. The van der Waals surface area contributed by atoms with Crippen LogP contribution < -0.4 is 5.32 Å². The molecule has 0 saturated heterocycles. The maximum absolute atomic E-state index is 4.43. The second-order valence-corrected chi connectivity index (χ2v) is 5.88. The number of thioether (sulfide) groups is 1. The molecule has 0 saturated carbocycles. The molecule has 0 fully saturated rings. The SMILES string of the molecule is CCC(CSC)NCc1cnn(Cc2ccccc2)c1. The van der Waals surface area contributed by atoms with Crippen molar-refractivity contribution < 1.29 is 0 Å². The Hall–Kier alpha value is -1.26. The number of nitrogens with one attached hydrogen (secondary N) is 1. The Labute approximate surface area is 125 Å². The highest BCUT2D eigenvalue weighted by atomic mass is 32.2. The van der Waals surface area contributed by atoms with Gasteiger partial charge in [-0.2, -0.15) is 16.9 Å². The van der Waals surface area contributed by atoms with Crippen molar-refractivity contribution in [2.45, 2.75) is 32.5 Å². The molecule has 0 bridgehead atoms. The molecule has 2 aromatic rings. The van der Waals surface area contributed by atoms with E-state index in [1.165, 1.54) is 17.5 Å². The fourth-order valence-corrected chi connectivity index (χ4v) is 2.90. The minimum absolute atomic E-state index is 0.586. The van der Waals surface area contributed by atoms with Gasteiger partial charge in [0.1, 0.15) is 0 Å². The summed E-state index contributed by atoms with van der Waals surface area (Å²) in [6, 6.07) is 11.0. The molecule has 1 atom stereocenters. The van der Waals surface area contributed by atoms with Crippen LogP contribution in [0, 0.1) is 0 Å². The van der Waals surface area contributed by atoms with Gasteiger partial charge in [-0.05, 0) is 18.2 Å². The van der Waals surface area contributed by atoms with E-state index in [0.29, 0.717) is 6.04 Å². The van der Waals surface area contributed by atoms with E-state index >= 15 is 0 Å². The number of hydrogen-bond acceptors (Lipinski definition) is 3. The molecule has 0 aliphatic carbocycles. The Morgan fingerprint density at radius 1 is 1.25 bits per heavy atom. The van der Waals surface area contributed by atoms with Gasteiger partial charge in [-0.1, -0.05) is 37.3 Å². The summed E-state index contributed by atoms with van der Waals surface area (Å²) >= 11 is 1.89. The first kappa shape index (κ1) is 15.1. The van der Waals surface area contributed by atoms with E-state index in [9.17, 15) is 0 Å². The van der Waals surface area contributed by atoms with Gasteiger partial charge < -0.3 is 5.32 Å². The van der Waals surface area contributed by atoms with Crippen molar-refractivity contribution in [3.8, 4) is 0 Å². The van der Waals surface area contributed by atoms with Gasteiger partial charge in [-0.25, -0.2) is 0 Å². The zero-order chi connectivity index (χ0) is 14.2. The maximum Gasteiger partial charge on any atom is 0.0659 e. The molecule has 3 nitrogen and oxygen atoms in total. The maximum atomic E-state index is 4.43. The molecule has 20 heavy (non-hydrogen) atoms. The van der Waals surface area contributed by atoms with Gasteiger partial charge in [0, 0.05) is 30.1 Å². The summed E-state index contributed by atoms with van der Waals surface area (Å²) in [5.74, 6) is 1.16. The predicted octanol–water partition coefficient (Wildman–Crippen LogP) is 3.16. The average Bonchev–Trinajstić information content (AvgIpc) is 2.92. The zero-order valence-corrected chi connectivity index (χ0v) is 13.1. The summed E-state index contributed by atoms with van der Waals surface area (Å²) in [6.07, 6.45) is 7.41. The van der Waals surface area contributed by atoms with Crippen LogP contribution in [0.3, 0.4) is 0 Å². The van der Waals surface area contributed by atoms with E-state index in [-0.39, 0.29) is 0 Å². The Bertz CT molecular complexity index is 495. The van der Waals surface area contributed by atoms with Crippen LogP contribution in [0.25, 0.3) is 0 Å². The molecule has 108 valence electrons. The molecule has 0 spiro atoms. The lowest BCUT2D eigenvalue weighted by Gasteiger charge is -2.14. The van der Waals surface area contributed by atoms with Crippen LogP contribution in [0.4, 0.5) is 0 Å². The van der Waals surface area contributed by atoms with E-state index < -0.39 is 0 Å². The van der Waals surface area contributed by atoms with Gasteiger partial charge in [-0.3, -0.25) is 4.68 Å². The Morgan fingerprint density at radius 3 is 2.75 bits per heavy atom. The first-order valence-corrected chi connectivity index (χ1v) is 8.48. The largest absolute Gasteiger partial charge is 0.309 e. The van der Waals surface area contributed by atoms with Gasteiger partial charge in [0.2, 0.25) is 0 Å². The molecule has 2 rings (SSSR count). The smallest absolute Gasteiger partial charge is 0.0659 e. The third kappa shape index (κ3) is 4.69. The van der Waals surface area contributed by atoms with Crippen molar-refractivity contribution in [3.05, 3.63) is 53.9 Å². The van der Waals surface area contributed by atoms with Crippen LogP contribution >= 0.6 is 11.8 Å². The fourth-order valence-electron chi connectivity index (χ4n) is 2.14. The normalized spacial score (nSPS) is 12.5. The van der Waals surface area contributed by atoms with Gasteiger partial charge in [-0.15, -0.1) is 0 Å². The highest BCUT2D eigenvalue weighted by Gasteiger charge is 2.05. The Morgan fingerprint density at radius 2 is 2.05 bits per heavy atom. The van der Waals surface area contributed by atoms with Gasteiger partial charge in [0.05, 0.1) is 12.7 Å². The molecule has 4 heteroatoms. The van der Waals surface area contributed by atoms with Crippen LogP contribution in [0.1, 0.15) is 24.5 Å². The number of rotatable bonds is 8. The van der Waals surface area contributed by atoms with E-state index in [1.807, 2.05) is 28.7 Å². The van der Waals surface area contributed by atoms with Crippen molar-refractivity contribution in [3.63, 3.8) is 0 Å². The Kier molecular flexibility index (Phi) is 6.15. The minimum atomic E-state index is 0.586. The molecular weight excluding hydrogens is 266 g/mol. The van der Waals surface area contributed by atoms with E-state index in [1.54, 1.807) is 0 Å². The molecule has 0 amide bonds. The molecule has 0 aliphatic rings. The first-order valence-electron chi connectivity index (χ1n) is 7.09. The lowest BCUT2D eigenvalue weighted by molar-refractivity contribution is 0.541. The topological polar surface area (TPSA) is 29.9 Å². The number of benzene rings is 1. The lowest BCUT2D eigenvalue weighted by atomic mass is 10.2. The Balaban J connectivity index is 1.86. The minimum Gasteiger partial charge on any atom is -0.309 e. The summed E-state index contributed by atoms with van der Waals surface area (Å²) in [7, 11) is 0. The van der Waals surface area contributed by atoms with E-state index in [2.05, 4.69) is 54.1 Å². The van der Waals surface area contributed by atoms with Gasteiger partial charge >= 0.3 is 0 Å². The van der Waals surface area contributed by atoms with Crippen molar-refractivity contribution in [1.82, 2.24) is 15.1 Å². The molecule has 1 unspecified atom stereocenters. The lowest BCUT2D eigenvalue weighted by Crippen LogP contribution is -2.29. The molecule has 1 aromatic heterocycles. The highest BCUT2D eigenvalue weighted by molar-refractivity contribution is 7.98. The van der Waals surface area contributed by atoms with Crippen LogP contribution in [-0.2, 0) is 13.1 Å². The summed E-state index contributed by atoms with van der Waals surface area (Å²) in [5.41, 5.74) is 2.53. The second-order valence-electron chi connectivity index (χ2n) is 4.97. The second kappa shape index (κ2) is 8.12. The molecule has 0 aliphatic heterocycles. The highest BCUT2D eigenvalue weighted by Crippen LogP contribution is 2.06. The van der Waals surface area contributed by atoms with Crippen molar-refractivity contribution in [2.24, 2.45) is 0 Å². The fraction of sp³-hybridized carbons (Fsp3) is 0.438. The van der Waals surface area contributed by atoms with Crippen molar-refractivity contribution in [1.29, 1.82) is 0 Å². The first-order chi connectivity index (χ1) is 9.81. The van der Waals surface area contributed by atoms with Crippen LogP contribution in [0.15, 0.2) is 42.7 Å². The van der Waals surface area contributed by atoms with Crippen LogP contribution in [0.2, 0.25) is 0 Å². The predicted molar refractivity (Wildman–Crippen MR) is 87.1 cm³/mol. The van der Waals surface area contributed by atoms with Gasteiger partial charge in [0.25, 0.3) is 0 Å². The molecule has 0 radical (unpaired) electrons. The molecule has 1 heterocycles. The van der Waals surface area contributed by atoms with Crippen LogP contribution in [0.5, 0.6) is 0 Å².